The average molecular weight is 303 g/mol. The Labute approximate surface area is 123 Å². The molecular weight excluding hydrogens is 274 g/mol. The Hall–Kier alpha value is -0.170. The van der Waals surface area contributed by atoms with Gasteiger partial charge in [0, 0.05) is 32.2 Å². The Morgan fingerprint density at radius 3 is 2.55 bits per heavy atom. The summed E-state index contributed by atoms with van der Waals surface area (Å²) in [6, 6.07) is 0.122. The minimum absolute atomic E-state index is 0.122. The predicted molar refractivity (Wildman–Crippen MR) is 81.7 cm³/mol. The Morgan fingerprint density at radius 1 is 1.20 bits per heavy atom. The number of likely N-dealkylation sites (N-methyl/N-ethyl adjacent to an activating group) is 1. The molecule has 20 heavy (non-hydrogen) atoms. The summed E-state index contributed by atoms with van der Waals surface area (Å²) < 4.78 is 29.2. The lowest BCUT2D eigenvalue weighted by atomic mass is 9.96. The van der Waals surface area contributed by atoms with Crippen LogP contribution in [0.3, 0.4) is 0 Å². The van der Waals surface area contributed by atoms with Gasteiger partial charge in [-0.05, 0) is 38.1 Å². The van der Waals surface area contributed by atoms with Gasteiger partial charge in [0.2, 0.25) is 0 Å². The maximum Gasteiger partial charge on any atom is 0.282 e. The van der Waals surface area contributed by atoms with Crippen molar-refractivity contribution in [2.24, 2.45) is 11.8 Å². The average Bonchev–Trinajstić information content (AvgIpc) is 2.90. The van der Waals surface area contributed by atoms with Crippen LogP contribution in [-0.4, -0.2) is 56.3 Å². The molecule has 0 aromatic carbocycles. The first-order chi connectivity index (χ1) is 9.46. The molecule has 0 bridgehead atoms. The summed E-state index contributed by atoms with van der Waals surface area (Å²) >= 11 is 0. The quantitative estimate of drug-likeness (QED) is 0.832. The van der Waals surface area contributed by atoms with Crippen molar-refractivity contribution in [3.8, 4) is 0 Å². The fourth-order valence-corrected chi connectivity index (χ4v) is 5.30. The zero-order valence-electron chi connectivity index (χ0n) is 13.0. The maximum atomic E-state index is 12.9. The largest absolute Gasteiger partial charge is 0.318 e. The van der Waals surface area contributed by atoms with Crippen LogP contribution in [0.15, 0.2) is 0 Å². The second-order valence-electron chi connectivity index (χ2n) is 6.48. The van der Waals surface area contributed by atoms with E-state index in [1.54, 1.807) is 8.61 Å². The van der Waals surface area contributed by atoms with E-state index in [0.29, 0.717) is 31.5 Å². The third kappa shape index (κ3) is 3.35. The molecule has 2 aliphatic rings. The van der Waals surface area contributed by atoms with E-state index in [2.05, 4.69) is 19.2 Å². The van der Waals surface area contributed by atoms with Crippen LogP contribution in [0.2, 0.25) is 0 Å². The Balaban J connectivity index is 2.08. The highest BCUT2D eigenvalue weighted by Gasteiger charge is 2.39. The van der Waals surface area contributed by atoms with Crippen molar-refractivity contribution in [1.29, 1.82) is 0 Å². The third-order valence-corrected chi connectivity index (χ3v) is 6.82. The lowest BCUT2D eigenvalue weighted by molar-refractivity contribution is 0.231. The molecule has 2 heterocycles. The fraction of sp³-hybridized carbons (Fsp3) is 1.00. The molecule has 2 rings (SSSR count). The molecule has 2 unspecified atom stereocenters. The van der Waals surface area contributed by atoms with Crippen LogP contribution in [0.4, 0.5) is 0 Å². The zero-order chi connectivity index (χ0) is 14.8. The monoisotopic (exact) mass is 303 g/mol. The molecule has 2 atom stereocenters. The van der Waals surface area contributed by atoms with Gasteiger partial charge in [0.15, 0.2) is 0 Å². The number of piperidine rings is 1. The summed E-state index contributed by atoms with van der Waals surface area (Å²) in [6.45, 7) is 7.19. The second-order valence-corrected chi connectivity index (χ2v) is 8.36. The summed E-state index contributed by atoms with van der Waals surface area (Å²) in [6.07, 6.45) is 4.09. The molecule has 2 aliphatic heterocycles. The van der Waals surface area contributed by atoms with Crippen LogP contribution in [0, 0.1) is 11.8 Å². The molecule has 2 saturated heterocycles. The lowest BCUT2D eigenvalue weighted by Crippen LogP contribution is -2.52. The molecule has 0 amide bonds. The number of hydrogen-bond donors (Lipinski definition) is 1. The maximum absolute atomic E-state index is 12.9. The van der Waals surface area contributed by atoms with Gasteiger partial charge in [0.05, 0.1) is 0 Å². The summed E-state index contributed by atoms with van der Waals surface area (Å²) in [5, 5.41) is 3.13. The van der Waals surface area contributed by atoms with Crippen molar-refractivity contribution < 1.29 is 8.42 Å². The Bertz CT molecular complexity index is 409. The molecule has 0 aliphatic carbocycles. The first-order valence-corrected chi connectivity index (χ1v) is 9.28. The highest BCUT2D eigenvalue weighted by Crippen LogP contribution is 2.29. The number of nitrogens with one attached hydrogen (secondary N) is 1. The minimum Gasteiger partial charge on any atom is -0.318 e. The van der Waals surface area contributed by atoms with Gasteiger partial charge in [0.1, 0.15) is 0 Å². The van der Waals surface area contributed by atoms with E-state index in [1.807, 2.05) is 7.05 Å². The highest BCUT2D eigenvalue weighted by molar-refractivity contribution is 7.86. The minimum atomic E-state index is -3.27. The van der Waals surface area contributed by atoms with Crippen molar-refractivity contribution in [3.05, 3.63) is 0 Å². The van der Waals surface area contributed by atoms with Gasteiger partial charge in [-0.1, -0.05) is 20.3 Å². The van der Waals surface area contributed by atoms with Crippen LogP contribution >= 0.6 is 0 Å². The van der Waals surface area contributed by atoms with Crippen LogP contribution < -0.4 is 5.32 Å². The summed E-state index contributed by atoms with van der Waals surface area (Å²) in [7, 11) is -1.38. The van der Waals surface area contributed by atoms with Crippen molar-refractivity contribution in [3.63, 3.8) is 0 Å². The first-order valence-electron chi connectivity index (χ1n) is 7.88. The van der Waals surface area contributed by atoms with E-state index in [-0.39, 0.29) is 6.04 Å². The van der Waals surface area contributed by atoms with E-state index < -0.39 is 10.2 Å². The van der Waals surface area contributed by atoms with Gasteiger partial charge in [0.25, 0.3) is 10.2 Å². The van der Waals surface area contributed by atoms with Crippen LogP contribution in [0.5, 0.6) is 0 Å². The van der Waals surface area contributed by atoms with Crippen molar-refractivity contribution >= 4 is 10.2 Å². The molecule has 0 aromatic heterocycles. The third-order valence-electron chi connectivity index (χ3n) is 4.77. The van der Waals surface area contributed by atoms with Gasteiger partial charge in [-0.3, -0.25) is 0 Å². The first kappa shape index (κ1) is 16.2. The standard InChI is InChI=1S/C14H29N3O2S/c1-12(2)13-7-9-16(11-13)20(18,19)17-8-5-4-6-14(17)10-15-3/h12-15H,4-11H2,1-3H3. The normalized spacial score (nSPS) is 30.2. The van der Waals surface area contributed by atoms with Crippen LogP contribution in [-0.2, 0) is 10.2 Å². The molecule has 2 fully saturated rings. The SMILES string of the molecule is CNCC1CCCCN1S(=O)(=O)N1CCC(C(C)C)C1. The van der Waals surface area contributed by atoms with E-state index >= 15 is 0 Å². The Morgan fingerprint density at radius 2 is 1.95 bits per heavy atom. The molecule has 0 aromatic rings. The zero-order valence-corrected chi connectivity index (χ0v) is 13.8. The molecule has 5 nitrogen and oxygen atoms in total. The molecule has 0 radical (unpaired) electrons. The Kier molecular flexibility index (Phi) is 5.45. The van der Waals surface area contributed by atoms with Gasteiger partial charge in [-0.25, -0.2) is 0 Å². The topological polar surface area (TPSA) is 52.7 Å². The van der Waals surface area contributed by atoms with Crippen LogP contribution in [0.25, 0.3) is 0 Å². The number of rotatable bonds is 5. The van der Waals surface area contributed by atoms with E-state index in [9.17, 15) is 8.42 Å². The van der Waals surface area contributed by atoms with Crippen molar-refractivity contribution in [1.82, 2.24) is 13.9 Å². The highest BCUT2D eigenvalue weighted by atomic mass is 32.2. The fourth-order valence-electron chi connectivity index (χ4n) is 3.37. The van der Waals surface area contributed by atoms with Gasteiger partial charge in [-0.15, -0.1) is 0 Å². The van der Waals surface area contributed by atoms with Crippen molar-refractivity contribution in [2.45, 2.75) is 45.6 Å². The second kappa shape index (κ2) is 6.73. The number of nitrogens with zero attached hydrogens (tertiary/aromatic N) is 2. The number of hydrogen-bond acceptors (Lipinski definition) is 3. The van der Waals surface area contributed by atoms with Gasteiger partial charge >= 0.3 is 0 Å². The van der Waals surface area contributed by atoms with E-state index in [0.717, 1.165) is 32.2 Å². The summed E-state index contributed by atoms with van der Waals surface area (Å²) in [5.74, 6) is 1.07. The van der Waals surface area contributed by atoms with Gasteiger partial charge in [-0.2, -0.15) is 17.0 Å². The lowest BCUT2D eigenvalue weighted by Gasteiger charge is -2.37. The van der Waals surface area contributed by atoms with Gasteiger partial charge < -0.3 is 5.32 Å². The smallest absolute Gasteiger partial charge is 0.282 e. The molecule has 0 saturated carbocycles. The molecule has 6 heteroatoms. The molecule has 1 N–H and O–H groups in total. The summed E-state index contributed by atoms with van der Waals surface area (Å²) in [4.78, 5) is 0. The summed E-state index contributed by atoms with van der Waals surface area (Å²) in [5.41, 5.74) is 0. The van der Waals surface area contributed by atoms with E-state index in [1.165, 1.54) is 0 Å². The van der Waals surface area contributed by atoms with Crippen molar-refractivity contribution in [2.75, 3.05) is 33.2 Å². The molecule has 118 valence electrons. The van der Waals surface area contributed by atoms with Crippen LogP contribution in [0.1, 0.15) is 39.5 Å². The molecular formula is C14H29N3O2S. The van der Waals surface area contributed by atoms with E-state index in [4.69, 9.17) is 0 Å². The molecule has 0 spiro atoms. The predicted octanol–water partition coefficient (Wildman–Crippen LogP) is 1.28.